The molecular formula is C8H12O3. The highest BCUT2D eigenvalue weighted by Gasteiger charge is 1.74. The molecule has 0 amide bonds. The zero-order chi connectivity index (χ0) is 8.53. The average Bonchev–Trinajstić information content (AvgIpc) is 2.07. The van der Waals surface area contributed by atoms with Gasteiger partial charge in [0.25, 0.3) is 0 Å². The standard InChI is InChI=1S/C6H6O.C2H6O2/c7-6-4-2-1-3-5-6;1-3-4-2/h1-5,7H;1-2H3. The summed E-state index contributed by atoms with van der Waals surface area (Å²) in [4.78, 5) is 8.08. The third-order valence-corrected chi connectivity index (χ3v) is 0.923. The maximum atomic E-state index is 8.63. The van der Waals surface area contributed by atoms with E-state index < -0.39 is 0 Å². The highest BCUT2D eigenvalue weighted by atomic mass is 17.2. The van der Waals surface area contributed by atoms with Crippen LogP contribution in [0, 0.1) is 0 Å². The van der Waals surface area contributed by atoms with E-state index in [2.05, 4.69) is 9.78 Å². The Kier molecular flexibility index (Phi) is 6.37. The van der Waals surface area contributed by atoms with Crippen LogP contribution >= 0.6 is 0 Å². The molecule has 0 bridgehead atoms. The summed E-state index contributed by atoms with van der Waals surface area (Å²) in [6.45, 7) is 0. The molecule has 0 aliphatic rings. The second-order valence-corrected chi connectivity index (χ2v) is 1.67. The monoisotopic (exact) mass is 156 g/mol. The van der Waals surface area contributed by atoms with Gasteiger partial charge >= 0.3 is 0 Å². The highest BCUT2D eigenvalue weighted by molar-refractivity contribution is 5.18. The first-order chi connectivity index (χ1) is 5.31. The van der Waals surface area contributed by atoms with E-state index >= 15 is 0 Å². The maximum Gasteiger partial charge on any atom is 0.115 e. The third-order valence-electron chi connectivity index (χ3n) is 0.923. The summed E-state index contributed by atoms with van der Waals surface area (Å²) in [6, 6.07) is 8.71. The average molecular weight is 156 g/mol. The summed E-state index contributed by atoms with van der Waals surface area (Å²) in [6.07, 6.45) is 0. The number of benzene rings is 1. The lowest BCUT2D eigenvalue weighted by Gasteiger charge is -1.82. The fourth-order valence-corrected chi connectivity index (χ4v) is 0.428. The van der Waals surface area contributed by atoms with Crippen molar-refractivity contribution in [2.75, 3.05) is 14.2 Å². The van der Waals surface area contributed by atoms with E-state index in [1.54, 1.807) is 24.3 Å². The van der Waals surface area contributed by atoms with Crippen LogP contribution in [0.3, 0.4) is 0 Å². The molecule has 3 heteroatoms. The molecule has 62 valence electrons. The number of rotatable bonds is 1. The fourth-order valence-electron chi connectivity index (χ4n) is 0.428. The molecule has 1 N–H and O–H groups in total. The second kappa shape index (κ2) is 7.05. The van der Waals surface area contributed by atoms with Crippen molar-refractivity contribution in [2.45, 2.75) is 0 Å². The third kappa shape index (κ3) is 6.83. The molecule has 0 aliphatic heterocycles. The van der Waals surface area contributed by atoms with E-state index in [1.807, 2.05) is 6.07 Å². The fraction of sp³-hybridized carbons (Fsp3) is 0.250. The van der Waals surface area contributed by atoms with Crippen molar-refractivity contribution in [1.29, 1.82) is 0 Å². The van der Waals surface area contributed by atoms with E-state index in [0.717, 1.165) is 0 Å². The van der Waals surface area contributed by atoms with Crippen LogP contribution in [0.5, 0.6) is 5.75 Å². The molecule has 1 aromatic rings. The van der Waals surface area contributed by atoms with Gasteiger partial charge in [0.2, 0.25) is 0 Å². The van der Waals surface area contributed by atoms with Gasteiger partial charge in [0.05, 0.1) is 14.2 Å². The normalized spacial score (nSPS) is 8.18. The van der Waals surface area contributed by atoms with Crippen LogP contribution in [0.4, 0.5) is 0 Å². The Bertz CT molecular complexity index is 160. The predicted octanol–water partition coefficient (Wildman–Crippen LogP) is 1.59. The van der Waals surface area contributed by atoms with Gasteiger partial charge in [-0.2, -0.15) is 0 Å². The predicted molar refractivity (Wildman–Crippen MR) is 42.1 cm³/mol. The Labute approximate surface area is 66.1 Å². The number of para-hydroxylation sites is 1. The lowest BCUT2D eigenvalue weighted by atomic mass is 10.3. The largest absolute Gasteiger partial charge is 0.508 e. The molecule has 0 aromatic heterocycles. The van der Waals surface area contributed by atoms with Crippen molar-refractivity contribution in [3.8, 4) is 5.75 Å². The number of phenolic OH excluding ortho intramolecular Hbond substituents is 1. The van der Waals surface area contributed by atoms with Crippen molar-refractivity contribution in [1.82, 2.24) is 0 Å². The smallest absolute Gasteiger partial charge is 0.115 e. The van der Waals surface area contributed by atoms with Gasteiger partial charge < -0.3 is 5.11 Å². The molecule has 3 nitrogen and oxygen atoms in total. The molecule has 0 aliphatic carbocycles. The van der Waals surface area contributed by atoms with Crippen LogP contribution in [0.2, 0.25) is 0 Å². The van der Waals surface area contributed by atoms with Gasteiger partial charge in [-0.05, 0) is 12.1 Å². The topological polar surface area (TPSA) is 38.7 Å². The molecule has 11 heavy (non-hydrogen) atoms. The quantitative estimate of drug-likeness (QED) is 0.495. The summed E-state index contributed by atoms with van der Waals surface area (Å²) >= 11 is 0. The van der Waals surface area contributed by atoms with Crippen molar-refractivity contribution < 1.29 is 14.9 Å². The molecule has 1 aromatic carbocycles. The summed E-state index contributed by atoms with van der Waals surface area (Å²) in [5.74, 6) is 0.322. The Balaban J connectivity index is 0.000000218. The molecule has 0 atom stereocenters. The number of hydrogen-bond acceptors (Lipinski definition) is 3. The molecule has 0 unspecified atom stereocenters. The van der Waals surface area contributed by atoms with Gasteiger partial charge in [0.15, 0.2) is 0 Å². The van der Waals surface area contributed by atoms with E-state index in [-0.39, 0.29) is 0 Å². The summed E-state index contributed by atoms with van der Waals surface area (Å²) in [5.41, 5.74) is 0. The van der Waals surface area contributed by atoms with Crippen LogP contribution in [0.1, 0.15) is 0 Å². The molecule has 0 fully saturated rings. The minimum Gasteiger partial charge on any atom is -0.508 e. The molecule has 0 spiro atoms. The van der Waals surface area contributed by atoms with Gasteiger partial charge in [-0.1, -0.05) is 18.2 Å². The van der Waals surface area contributed by atoms with Crippen molar-refractivity contribution in [3.05, 3.63) is 30.3 Å². The first-order valence-corrected chi connectivity index (χ1v) is 3.12. The molecule has 0 saturated heterocycles. The molecular weight excluding hydrogens is 144 g/mol. The number of hydrogen-bond donors (Lipinski definition) is 1. The lowest BCUT2D eigenvalue weighted by Crippen LogP contribution is -1.72. The van der Waals surface area contributed by atoms with Crippen LogP contribution in [-0.2, 0) is 9.78 Å². The van der Waals surface area contributed by atoms with Crippen LogP contribution < -0.4 is 0 Å². The molecule has 0 saturated carbocycles. The summed E-state index contributed by atoms with van der Waals surface area (Å²) < 4.78 is 0. The van der Waals surface area contributed by atoms with Gasteiger partial charge in [-0.15, -0.1) is 0 Å². The minimum atomic E-state index is 0.322. The molecule has 1 rings (SSSR count). The Hall–Kier alpha value is -1.06. The van der Waals surface area contributed by atoms with Crippen LogP contribution in [-0.4, -0.2) is 19.3 Å². The van der Waals surface area contributed by atoms with E-state index in [9.17, 15) is 0 Å². The van der Waals surface area contributed by atoms with Gasteiger partial charge in [0.1, 0.15) is 5.75 Å². The van der Waals surface area contributed by atoms with Crippen molar-refractivity contribution in [3.63, 3.8) is 0 Å². The van der Waals surface area contributed by atoms with E-state index in [4.69, 9.17) is 5.11 Å². The first kappa shape index (κ1) is 9.94. The number of phenols is 1. The summed E-state index contributed by atoms with van der Waals surface area (Å²) in [7, 11) is 2.92. The summed E-state index contributed by atoms with van der Waals surface area (Å²) in [5, 5.41) is 8.63. The zero-order valence-corrected chi connectivity index (χ0v) is 6.65. The van der Waals surface area contributed by atoms with Crippen molar-refractivity contribution >= 4 is 0 Å². The van der Waals surface area contributed by atoms with Gasteiger partial charge in [-0.3, -0.25) is 0 Å². The Morgan fingerprint density at radius 2 is 1.45 bits per heavy atom. The van der Waals surface area contributed by atoms with Gasteiger partial charge in [0, 0.05) is 0 Å². The zero-order valence-electron chi connectivity index (χ0n) is 6.65. The highest BCUT2D eigenvalue weighted by Crippen LogP contribution is 2.02. The molecule has 0 heterocycles. The lowest BCUT2D eigenvalue weighted by molar-refractivity contribution is -0.248. The first-order valence-electron chi connectivity index (χ1n) is 3.12. The molecule has 0 radical (unpaired) electrons. The van der Waals surface area contributed by atoms with E-state index in [1.165, 1.54) is 14.2 Å². The van der Waals surface area contributed by atoms with Crippen LogP contribution in [0.15, 0.2) is 30.3 Å². The van der Waals surface area contributed by atoms with Crippen LogP contribution in [0.25, 0.3) is 0 Å². The SMILES string of the molecule is COOC.Oc1ccccc1. The van der Waals surface area contributed by atoms with E-state index in [0.29, 0.717) is 5.75 Å². The van der Waals surface area contributed by atoms with Crippen molar-refractivity contribution in [2.24, 2.45) is 0 Å². The Morgan fingerprint density at radius 3 is 1.64 bits per heavy atom. The van der Waals surface area contributed by atoms with Gasteiger partial charge in [-0.25, -0.2) is 9.78 Å². The second-order valence-electron chi connectivity index (χ2n) is 1.67. The minimum absolute atomic E-state index is 0.322. The Morgan fingerprint density at radius 1 is 1.00 bits per heavy atom. The number of aromatic hydroxyl groups is 1. The maximum absolute atomic E-state index is 8.63.